The highest BCUT2D eigenvalue weighted by molar-refractivity contribution is 4.79. The molecule has 0 aromatic rings. The molecule has 0 saturated heterocycles. The van der Waals surface area contributed by atoms with Crippen molar-refractivity contribution in [3.8, 4) is 0 Å². The minimum absolute atomic E-state index is 0.255. The average Bonchev–Trinajstić information content (AvgIpc) is 2.93. The van der Waals surface area contributed by atoms with Gasteiger partial charge in [0.1, 0.15) is 0 Å². The summed E-state index contributed by atoms with van der Waals surface area (Å²) in [6.07, 6.45) is 7.85. The Morgan fingerprint density at radius 3 is 2.54 bits per heavy atom. The van der Waals surface area contributed by atoms with Crippen molar-refractivity contribution >= 4 is 0 Å². The van der Waals surface area contributed by atoms with Crippen LogP contribution in [-0.4, -0.2) is 19.3 Å². The second-order valence-electron chi connectivity index (χ2n) is 4.25. The third-order valence-electron chi connectivity index (χ3n) is 2.96. The molecular formula is C11H23NO. The molecule has 0 aromatic heterocycles. The second kappa shape index (κ2) is 5.61. The normalized spacial score (nSPS) is 21.5. The fourth-order valence-electron chi connectivity index (χ4n) is 1.81. The lowest BCUT2D eigenvalue weighted by Crippen LogP contribution is -2.36. The van der Waals surface area contributed by atoms with Crippen LogP contribution in [0, 0.1) is 5.92 Å². The van der Waals surface area contributed by atoms with Gasteiger partial charge in [-0.3, -0.25) is 0 Å². The fourth-order valence-corrected chi connectivity index (χ4v) is 1.81. The Bertz CT molecular complexity index is 134. The molecule has 13 heavy (non-hydrogen) atoms. The van der Waals surface area contributed by atoms with Crippen LogP contribution >= 0.6 is 0 Å². The number of nitrogens with two attached hydrogens (primary N) is 1. The van der Waals surface area contributed by atoms with Gasteiger partial charge in [-0.1, -0.05) is 26.2 Å². The van der Waals surface area contributed by atoms with Gasteiger partial charge in [0.15, 0.2) is 0 Å². The van der Waals surface area contributed by atoms with Crippen LogP contribution in [0.1, 0.15) is 45.4 Å². The highest BCUT2D eigenvalue weighted by atomic mass is 16.5. The first-order valence-electron chi connectivity index (χ1n) is 5.56. The number of hydrogen-bond donors (Lipinski definition) is 1. The number of rotatable bonds is 7. The highest BCUT2D eigenvalue weighted by Gasteiger charge is 2.24. The molecule has 1 rings (SSSR count). The minimum atomic E-state index is 0.255. The monoisotopic (exact) mass is 185 g/mol. The molecule has 0 heterocycles. The maximum Gasteiger partial charge on any atom is 0.0722 e. The van der Waals surface area contributed by atoms with Crippen LogP contribution in [0.2, 0.25) is 0 Å². The van der Waals surface area contributed by atoms with Crippen LogP contribution in [0.5, 0.6) is 0 Å². The molecule has 2 unspecified atom stereocenters. The van der Waals surface area contributed by atoms with Gasteiger partial charge >= 0.3 is 0 Å². The Morgan fingerprint density at radius 2 is 2.08 bits per heavy atom. The van der Waals surface area contributed by atoms with Crippen molar-refractivity contribution in [2.45, 2.75) is 57.6 Å². The van der Waals surface area contributed by atoms with E-state index in [4.69, 9.17) is 10.5 Å². The van der Waals surface area contributed by atoms with Crippen molar-refractivity contribution in [3.63, 3.8) is 0 Å². The predicted molar refractivity (Wildman–Crippen MR) is 55.6 cm³/mol. The summed E-state index contributed by atoms with van der Waals surface area (Å²) in [5, 5.41) is 0. The van der Waals surface area contributed by atoms with E-state index in [1.165, 1.54) is 19.3 Å². The topological polar surface area (TPSA) is 35.2 Å². The van der Waals surface area contributed by atoms with Crippen molar-refractivity contribution < 1.29 is 4.74 Å². The minimum Gasteiger partial charge on any atom is -0.380 e. The molecule has 2 N–H and O–H groups in total. The van der Waals surface area contributed by atoms with Crippen molar-refractivity contribution in [1.29, 1.82) is 0 Å². The molecule has 2 atom stereocenters. The summed E-state index contributed by atoms with van der Waals surface area (Å²) in [4.78, 5) is 0. The first kappa shape index (κ1) is 11.0. The van der Waals surface area contributed by atoms with E-state index in [0.717, 1.165) is 25.2 Å². The molecule has 2 nitrogen and oxygen atoms in total. The Labute approximate surface area is 81.8 Å². The van der Waals surface area contributed by atoms with E-state index < -0.39 is 0 Å². The van der Waals surface area contributed by atoms with Gasteiger partial charge in [0.25, 0.3) is 0 Å². The predicted octanol–water partition coefficient (Wildman–Crippen LogP) is 2.32. The standard InChI is InChI=1S/C11H23NO/c1-3-4-11(13-2)10(12)8-7-9-5-6-9/h9-11H,3-8,12H2,1-2H3. The summed E-state index contributed by atoms with van der Waals surface area (Å²) < 4.78 is 5.38. The molecule has 2 heteroatoms. The summed E-state index contributed by atoms with van der Waals surface area (Å²) in [6.45, 7) is 2.18. The Hall–Kier alpha value is -0.0800. The lowest BCUT2D eigenvalue weighted by atomic mass is 10.0. The van der Waals surface area contributed by atoms with Crippen LogP contribution < -0.4 is 5.73 Å². The lowest BCUT2D eigenvalue weighted by molar-refractivity contribution is 0.0692. The first-order valence-corrected chi connectivity index (χ1v) is 5.56. The summed E-state index contributed by atoms with van der Waals surface area (Å²) in [7, 11) is 1.78. The Kier molecular flexibility index (Phi) is 4.74. The van der Waals surface area contributed by atoms with Crippen molar-refractivity contribution in [2.24, 2.45) is 11.7 Å². The largest absolute Gasteiger partial charge is 0.380 e. The van der Waals surface area contributed by atoms with Gasteiger partial charge in [-0.15, -0.1) is 0 Å². The molecule has 0 radical (unpaired) electrons. The Morgan fingerprint density at radius 1 is 1.38 bits per heavy atom. The molecule has 0 amide bonds. The lowest BCUT2D eigenvalue weighted by Gasteiger charge is -2.21. The van der Waals surface area contributed by atoms with Crippen LogP contribution in [0.25, 0.3) is 0 Å². The van der Waals surface area contributed by atoms with Crippen LogP contribution in [0.3, 0.4) is 0 Å². The van der Waals surface area contributed by atoms with E-state index in [-0.39, 0.29) is 12.1 Å². The highest BCUT2D eigenvalue weighted by Crippen LogP contribution is 2.34. The summed E-state index contributed by atoms with van der Waals surface area (Å²) in [5.74, 6) is 0.991. The molecule has 0 bridgehead atoms. The average molecular weight is 185 g/mol. The van der Waals surface area contributed by atoms with E-state index in [0.29, 0.717) is 0 Å². The maximum atomic E-state index is 6.07. The summed E-state index contributed by atoms with van der Waals surface area (Å²) >= 11 is 0. The van der Waals surface area contributed by atoms with Gasteiger partial charge in [-0.25, -0.2) is 0 Å². The van der Waals surface area contributed by atoms with E-state index in [2.05, 4.69) is 6.92 Å². The Balaban J connectivity index is 2.12. The zero-order valence-electron chi connectivity index (χ0n) is 8.96. The van der Waals surface area contributed by atoms with Gasteiger partial charge in [0.05, 0.1) is 6.10 Å². The molecule has 0 aromatic carbocycles. The SMILES string of the molecule is CCCC(OC)C(N)CCC1CC1. The molecule has 1 aliphatic rings. The third-order valence-corrected chi connectivity index (χ3v) is 2.96. The van der Waals surface area contributed by atoms with E-state index >= 15 is 0 Å². The van der Waals surface area contributed by atoms with Crippen molar-refractivity contribution in [2.75, 3.05) is 7.11 Å². The van der Waals surface area contributed by atoms with Crippen molar-refractivity contribution in [1.82, 2.24) is 0 Å². The number of hydrogen-bond acceptors (Lipinski definition) is 2. The molecule has 78 valence electrons. The quantitative estimate of drug-likeness (QED) is 0.660. The number of ether oxygens (including phenoxy) is 1. The van der Waals surface area contributed by atoms with E-state index in [1.54, 1.807) is 7.11 Å². The zero-order chi connectivity index (χ0) is 9.68. The van der Waals surface area contributed by atoms with Gasteiger partial charge in [0, 0.05) is 13.2 Å². The second-order valence-corrected chi connectivity index (χ2v) is 4.25. The van der Waals surface area contributed by atoms with Gasteiger partial charge in [-0.2, -0.15) is 0 Å². The molecule has 0 spiro atoms. The van der Waals surface area contributed by atoms with Crippen molar-refractivity contribution in [3.05, 3.63) is 0 Å². The first-order chi connectivity index (χ1) is 6.27. The summed E-state index contributed by atoms with van der Waals surface area (Å²) in [5.41, 5.74) is 6.07. The summed E-state index contributed by atoms with van der Waals surface area (Å²) in [6, 6.07) is 0.255. The molecule has 1 aliphatic carbocycles. The van der Waals surface area contributed by atoms with Crippen LogP contribution in [0.15, 0.2) is 0 Å². The van der Waals surface area contributed by atoms with E-state index in [1.807, 2.05) is 0 Å². The van der Waals surface area contributed by atoms with E-state index in [9.17, 15) is 0 Å². The molecule has 1 saturated carbocycles. The van der Waals surface area contributed by atoms with Crippen LogP contribution in [0.4, 0.5) is 0 Å². The smallest absolute Gasteiger partial charge is 0.0722 e. The van der Waals surface area contributed by atoms with Gasteiger partial charge < -0.3 is 10.5 Å². The molecule has 0 aliphatic heterocycles. The van der Waals surface area contributed by atoms with Gasteiger partial charge in [0.2, 0.25) is 0 Å². The molecular weight excluding hydrogens is 162 g/mol. The maximum absolute atomic E-state index is 6.07. The molecule has 1 fully saturated rings. The van der Waals surface area contributed by atoms with Gasteiger partial charge in [-0.05, 0) is 25.2 Å². The zero-order valence-corrected chi connectivity index (χ0v) is 8.96. The fraction of sp³-hybridized carbons (Fsp3) is 1.00. The number of methoxy groups -OCH3 is 1. The van der Waals surface area contributed by atoms with Crippen LogP contribution in [-0.2, 0) is 4.74 Å². The third kappa shape index (κ3) is 4.10.